The zero-order valence-corrected chi connectivity index (χ0v) is 16.6. The Balaban J connectivity index is 1.82. The van der Waals surface area contributed by atoms with Crippen LogP contribution in [-0.4, -0.2) is 46.4 Å². The van der Waals surface area contributed by atoms with Gasteiger partial charge in [-0.25, -0.2) is 22.2 Å². The highest BCUT2D eigenvalue weighted by Gasteiger charge is 2.29. The van der Waals surface area contributed by atoms with E-state index in [1.54, 1.807) is 11.6 Å². The monoisotopic (exact) mass is 378 g/mol. The van der Waals surface area contributed by atoms with E-state index in [0.29, 0.717) is 32.5 Å². The van der Waals surface area contributed by atoms with Gasteiger partial charge in [0.2, 0.25) is 10.0 Å². The predicted molar refractivity (Wildman–Crippen MR) is 101 cm³/mol. The third-order valence-electron chi connectivity index (χ3n) is 5.19. The molecule has 142 valence electrons. The highest BCUT2D eigenvalue weighted by atomic mass is 32.2. The predicted octanol–water partition coefficient (Wildman–Crippen LogP) is 1.39. The second-order valence-corrected chi connectivity index (χ2v) is 9.21. The lowest BCUT2D eigenvalue weighted by molar-refractivity contribution is 0.311. The Hall–Kier alpha value is -1.93. The van der Waals surface area contributed by atoms with Crippen LogP contribution in [0.2, 0.25) is 0 Å². The Morgan fingerprint density at radius 3 is 2.46 bits per heavy atom. The van der Waals surface area contributed by atoms with Crippen molar-refractivity contribution in [3.63, 3.8) is 0 Å². The molecule has 8 heteroatoms. The maximum atomic E-state index is 12.6. The molecule has 0 N–H and O–H groups in total. The molecule has 1 aliphatic rings. The number of hydrogen-bond acceptors (Lipinski definition) is 4. The SMILES string of the molecule is Cc1ccc(C)c(Cn2nc(C3CCN(S(C)(=O)=O)CC3)n(C)c2=O)c1. The molecule has 0 bridgehead atoms. The highest BCUT2D eigenvalue weighted by molar-refractivity contribution is 7.88. The molecule has 0 unspecified atom stereocenters. The van der Waals surface area contributed by atoms with Gasteiger partial charge in [-0.3, -0.25) is 4.57 Å². The minimum Gasteiger partial charge on any atom is -0.282 e. The molecule has 1 aromatic carbocycles. The lowest BCUT2D eigenvalue weighted by Crippen LogP contribution is -2.37. The molecule has 7 nitrogen and oxygen atoms in total. The first kappa shape index (κ1) is 18.8. The first-order chi connectivity index (χ1) is 12.2. The maximum Gasteiger partial charge on any atom is 0.345 e. The van der Waals surface area contributed by atoms with Gasteiger partial charge in [-0.05, 0) is 37.8 Å². The van der Waals surface area contributed by atoms with Crippen LogP contribution in [0.5, 0.6) is 0 Å². The fourth-order valence-electron chi connectivity index (χ4n) is 3.54. The number of aryl methyl sites for hydroxylation is 2. The Kier molecular flexibility index (Phi) is 5.07. The molecule has 2 heterocycles. The van der Waals surface area contributed by atoms with Crippen molar-refractivity contribution in [2.45, 2.75) is 39.2 Å². The van der Waals surface area contributed by atoms with Crippen molar-refractivity contribution in [3.8, 4) is 0 Å². The number of rotatable bonds is 4. The van der Waals surface area contributed by atoms with Crippen LogP contribution >= 0.6 is 0 Å². The second-order valence-electron chi connectivity index (χ2n) is 7.22. The van der Waals surface area contributed by atoms with Gasteiger partial charge in [-0.1, -0.05) is 23.8 Å². The normalized spacial score (nSPS) is 16.9. The lowest BCUT2D eigenvalue weighted by Gasteiger charge is -2.29. The summed E-state index contributed by atoms with van der Waals surface area (Å²) in [7, 11) is -1.41. The molecule has 0 atom stereocenters. The van der Waals surface area contributed by atoms with Gasteiger partial charge in [0, 0.05) is 26.1 Å². The van der Waals surface area contributed by atoms with Crippen LogP contribution in [0.3, 0.4) is 0 Å². The Morgan fingerprint density at radius 2 is 1.85 bits per heavy atom. The standard InChI is InChI=1S/C18H26N4O3S/c1-13-5-6-14(2)16(11-13)12-22-18(23)20(3)17(19-22)15-7-9-21(10-8-15)26(4,24)25/h5-6,11,15H,7-10,12H2,1-4H3. The van der Waals surface area contributed by atoms with Crippen molar-refractivity contribution in [1.82, 2.24) is 18.7 Å². The topological polar surface area (TPSA) is 77.2 Å². The van der Waals surface area contributed by atoms with Crippen LogP contribution in [0, 0.1) is 13.8 Å². The molecule has 0 spiro atoms. The van der Waals surface area contributed by atoms with E-state index in [1.807, 2.05) is 13.8 Å². The van der Waals surface area contributed by atoms with E-state index >= 15 is 0 Å². The minimum atomic E-state index is -3.15. The fraction of sp³-hybridized carbons (Fsp3) is 0.556. The minimum absolute atomic E-state index is 0.102. The Labute approximate surface area is 154 Å². The summed E-state index contributed by atoms with van der Waals surface area (Å²) in [6.07, 6.45) is 2.60. The zero-order chi connectivity index (χ0) is 19.1. The van der Waals surface area contributed by atoms with Crippen molar-refractivity contribution in [2.24, 2.45) is 7.05 Å². The van der Waals surface area contributed by atoms with E-state index in [-0.39, 0.29) is 11.6 Å². The van der Waals surface area contributed by atoms with Crippen LogP contribution in [-0.2, 0) is 23.6 Å². The summed E-state index contributed by atoms with van der Waals surface area (Å²) >= 11 is 0. The quantitative estimate of drug-likeness (QED) is 0.805. The van der Waals surface area contributed by atoms with Gasteiger partial charge in [-0.15, -0.1) is 0 Å². The molecule has 0 amide bonds. The third-order valence-corrected chi connectivity index (χ3v) is 6.49. The van der Waals surface area contributed by atoms with Gasteiger partial charge in [0.15, 0.2) is 0 Å². The number of benzene rings is 1. The van der Waals surface area contributed by atoms with Crippen molar-refractivity contribution >= 4 is 10.0 Å². The molecular formula is C18H26N4O3S. The van der Waals surface area contributed by atoms with E-state index in [0.717, 1.165) is 22.5 Å². The van der Waals surface area contributed by atoms with Crippen molar-refractivity contribution in [2.75, 3.05) is 19.3 Å². The smallest absolute Gasteiger partial charge is 0.282 e. The van der Waals surface area contributed by atoms with Gasteiger partial charge in [-0.2, -0.15) is 5.10 Å². The average Bonchev–Trinajstić information content (AvgIpc) is 2.86. The molecule has 1 aromatic heterocycles. The summed E-state index contributed by atoms with van der Waals surface area (Å²) in [6, 6.07) is 6.20. The van der Waals surface area contributed by atoms with Gasteiger partial charge < -0.3 is 0 Å². The molecule has 1 aliphatic heterocycles. The molecule has 1 fully saturated rings. The molecule has 1 saturated heterocycles. The zero-order valence-electron chi connectivity index (χ0n) is 15.8. The molecule has 2 aromatic rings. The van der Waals surface area contributed by atoms with Crippen LogP contribution in [0.25, 0.3) is 0 Å². The molecular weight excluding hydrogens is 352 g/mol. The third kappa shape index (κ3) is 3.76. The van der Waals surface area contributed by atoms with Gasteiger partial charge in [0.1, 0.15) is 5.82 Å². The number of aromatic nitrogens is 3. The average molecular weight is 378 g/mol. The van der Waals surface area contributed by atoms with E-state index in [9.17, 15) is 13.2 Å². The summed E-state index contributed by atoms with van der Waals surface area (Å²) in [5.41, 5.74) is 3.24. The van der Waals surface area contributed by atoms with Crippen molar-refractivity contribution < 1.29 is 8.42 Å². The van der Waals surface area contributed by atoms with Crippen LogP contribution in [0.4, 0.5) is 0 Å². The van der Waals surface area contributed by atoms with Crippen LogP contribution in [0.15, 0.2) is 23.0 Å². The largest absolute Gasteiger partial charge is 0.345 e. The molecule has 26 heavy (non-hydrogen) atoms. The number of piperidine rings is 1. The Bertz CT molecular complexity index is 967. The van der Waals surface area contributed by atoms with Gasteiger partial charge in [0.25, 0.3) is 0 Å². The summed E-state index contributed by atoms with van der Waals surface area (Å²) in [6.45, 7) is 5.46. The van der Waals surface area contributed by atoms with Gasteiger partial charge in [0.05, 0.1) is 12.8 Å². The van der Waals surface area contributed by atoms with Crippen LogP contribution in [0.1, 0.15) is 41.3 Å². The molecule has 0 aliphatic carbocycles. The summed E-state index contributed by atoms with van der Waals surface area (Å²) in [5, 5.41) is 4.59. The van der Waals surface area contributed by atoms with Crippen molar-refractivity contribution in [3.05, 3.63) is 51.2 Å². The summed E-state index contributed by atoms with van der Waals surface area (Å²) in [4.78, 5) is 12.6. The van der Waals surface area contributed by atoms with Crippen molar-refractivity contribution in [1.29, 1.82) is 0 Å². The molecule has 0 saturated carbocycles. The van der Waals surface area contributed by atoms with Crippen LogP contribution < -0.4 is 5.69 Å². The van der Waals surface area contributed by atoms with E-state index in [4.69, 9.17) is 0 Å². The number of hydrogen-bond donors (Lipinski definition) is 0. The van der Waals surface area contributed by atoms with E-state index in [1.165, 1.54) is 15.2 Å². The summed E-state index contributed by atoms with van der Waals surface area (Å²) in [5.74, 6) is 0.846. The molecule has 0 radical (unpaired) electrons. The maximum absolute atomic E-state index is 12.6. The molecule has 3 rings (SSSR count). The first-order valence-electron chi connectivity index (χ1n) is 8.82. The lowest BCUT2D eigenvalue weighted by atomic mass is 9.97. The first-order valence-corrected chi connectivity index (χ1v) is 10.7. The summed E-state index contributed by atoms with van der Waals surface area (Å²) < 4.78 is 27.9. The van der Waals surface area contributed by atoms with Gasteiger partial charge >= 0.3 is 5.69 Å². The number of sulfonamides is 1. The van der Waals surface area contributed by atoms with E-state index < -0.39 is 10.0 Å². The fourth-order valence-corrected chi connectivity index (χ4v) is 4.41. The number of nitrogens with zero attached hydrogens (tertiary/aromatic N) is 4. The van der Waals surface area contributed by atoms with E-state index in [2.05, 4.69) is 23.3 Å². The second kappa shape index (κ2) is 7.00. The highest BCUT2D eigenvalue weighted by Crippen LogP contribution is 2.27. The Morgan fingerprint density at radius 1 is 1.19 bits per heavy atom.